The number of hydrogen-bond acceptors (Lipinski definition) is 0. The first-order valence-corrected chi connectivity index (χ1v) is 5.87. The molecule has 0 saturated carbocycles. The summed E-state index contributed by atoms with van der Waals surface area (Å²) in [4.78, 5) is 0. The van der Waals surface area contributed by atoms with Gasteiger partial charge < -0.3 is 0 Å². The van der Waals surface area contributed by atoms with Crippen molar-refractivity contribution in [3.8, 4) is 0 Å². The molecule has 0 rings (SSSR count). The summed E-state index contributed by atoms with van der Waals surface area (Å²) in [6.45, 7) is 4.36. The van der Waals surface area contributed by atoms with Crippen LogP contribution in [0.15, 0.2) is 0 Å². The summed E-state index contributed by atoms with van der Waals surface area (Å²) < 4.78 is 0. The molecule has 2 atom stereocenters. The van der Waals surface area contributed by atoms with Crippen LogP contribution in [-0.4, -0.2) is 10.8 Å². The summed E-state index contributed by atoms with van der Waals surface area (Å²) >= 11 is 12.2. The van der Waals surface area contributed by atoms with E-state index in [4.69, 9.17) is 23.2 Å². The van der Waals surface area contributed by atoms with Crippen LogP contribution in [0.5, 0.6) is 0 Å². The van der Waals surface area contributed by atoms with Gasteiger partial charge in [0.05, 0.1) is 0 Å². The molecule has 0 aromatic rings. The summed E-state index contributed by atoms with van der Waals surface area (Å²) in [5.41, 5.74) is 0. The van der Waals surface area contributed by atoms with E-state index in [0.29, 0.717) is 0 Å². The van der Waals surface area contributed by atoms with Gasteiger partial charge in [0.15, 0.2) is 0 Å². The minimum Gasteiger partial charge on any atom is -0.121 e. The van der Waals surface area contributed by atoms with Crippen LogP contribution in [-0.2, 0) is 0 Å². The van der Waals surface area contributed by atoms with Crippen LogP contribution in [0.2, 0.25) is 0 Å². The first kappa shape index (κ1) is 12.6. The molecule has 0 amide bonds. The largest absolute Gasteiger partial charge is 0.121 e. The van der Waals surface area contributed by atoms with Gasteiger partial charge in [-0.25, -0.2) is 0 Å². The molecular formula is C10H20Cl2. The first-order valence-electron chi connectivity index (χ1n) is 5.00. The maximum atomic E-state index is 6.11. The molecule has 2 heteroatoms. The summed E-state index contributed by atoms with van der Waals surface area (Å²) in [6, 6.07) is 0. The Morgan fingerprint density at radius 1 is 0.833 bits per heavy atom. The monoisotopic (exact) mass is 210 g/mol. The van der Waals surface area contributed by atoms with Crippen LogP contribution in [0.4, 0.5) is 0 Å². The third-order valence-corrected chi connectivity index (χ3v) is 3.23. The standard InChI is InChI=1S/C10H20Cl2/c1-3-5-7-9(11)10(12)8-6-4-2/h9-10H,3-8H2,1-2H3/t9-,10-/m1/s1. The molecule has 0 unspecified atom stereocenters. The molecule has 0 aromatic heterocycles. The number of hydrogen-bond donors (Lipinski definition) is 0. The number of unbranched alkanes of at least 4 members (excludes halogenated alkanes) is 2. The maximum absolute atomic E-state index is 6.11. The zero-order valence-electron chi connectivity index (χ0n) is 8.15. The molecule has 0 aliphatic carbocycles. The van der Waals surface area contributed by atoms with Gasteiger partial charge in [-0.05, 0) is 12.8 Å². The van der Waals surface area contributed by atoms with Crippen LogP contribution < -0.4 is 0 Å². The Balaban J connectivity index is 3.39. The molecule has 0 aromatic carbocycles. The molecule has 12 heavy (non-hydrogen) atoms. The molecule has 0 aliphatic heterocycles. The second-order valence-corrected chi connectivity index (χ2v) is 4.44. The van der Waals surface area contributed by atoms with Gasteiger partial charge in [0.25, 0.3) is 0 Å². The van der Waals surface area contributed by atoms with E-state index in [9.17, 15) is 0 Å². The molecule has 0 bridgehead atoms. The Morgan fingerprint density at radius 3 is 1.42 bits per heavy atom. The molecule has 0 heterocycles. The summed E-state index contributed by atoms with van der Waals surface area (Å²) in [6.07, 6.45) is 6.94. The van der Waals surface area contributed by atoms with Crippen molar-refractivity contribution in [2.75, 3.05) is 0 Å². The third kappa shape index (κ3) is 6.14. The normalized spacial score (nSPS) is 16.0. The van der Waals surface area contributed by atoms with Gasteiger partial charge in [-0.15, -0.1) is 23.2 Å². The molecule has 0 saturated heterocycles. The lowest BCUT2D eigenvalue weighted by molar-refractivity contribution is 0.598. The van der Waals surface area contributed by atoms with Crippen molar-refractivity contribution in [2.24, 2.45) is 0 Å². The van der Waals surface area contributed by atoms with Crippen molar-refractivity contribution in [1.82, 2.24) is 0 Å². The van der Waals surface area contributed by atoms with Crippen LogP contribution in [0.25, 0.3) is 0 Å². The van der Waals surface area contributed by atoms with Gasteiger partial charge in [-0.2, -0.15) is 0 Å². The third-order valence-electron chi connectivity index (χ3n) is 2.06. The molecule has 0 spiro atoms. The minimum atomic E-state index is 0.179. The molecule has 0 radical (unpaired) electrons. The fourth-order valence-electron chi connectivity index (χ4n) is 1.16. The molecular weight excluding hydrogens is 191 g/mol. The second-order valence-electron chi connectivity index (χ2n) is 3.32. The molecule has 0 N–H and O–H groups in total. The highest BCUT2D eigenvalue weighted by Gasteiger charge is 2.14. The van der Waals surface area contributed by atoms with E-state index >= 15 is 0 Å². The number of alkyl halides is 2. The summed E-state index contributed by atoms with van der Waals surface area (Å²) in [7, 11) is 0. The van der Waals surface area contributed by atoms with Crippen molar-refractivity contribution in [3.63, 3.8) is 0 Å². The smallest absolute Gasteiger partial charge is 0.0499 e. The lowest BCUT2D eigenvalue weighted by Gasteiger charge is -2.14. The zero-order chi connectivity index (χ0) is 9.40. The lowest BCUT2D eigenvalue weighted by Crippen LogP contribution is -2.14. The SMILES string of the molecule is CCCC[C@@H](Cl)[C@H](Cl)CCCC. The van der Waals surface area contributed by atoms with Crippen LogP contribution in [0.3, 0.4) is 0 Å². The fourth-order valence-corrected chi connectivity index (χ4v) is 1.72. The highest BCUT2D eigenvalue weighted by atomic mass is 35.5. The lowest BCUT2D eigenvalue weighted by atomic mass is 10.1. The van der Waals surface area contributed by atoms with Gasteiger partial charge in [0.1, 0.15) is 0 Å². The second kappa shape index (κ2) is 8.19. The van der Waals surface area contributed by atoms with E-state index in [1.165, 1.54) is 25.7 Å². The van der Waals surface area contributed by atoms with Crippen molar-refractivity contribution in [1.29, 1.82) is 0 Å². The summed E-state index contributed by atoms with van der Waals surface area (Å²) in [5, 5.41) is 0.358. The first-order chi connectivity index (χ1) is 5.72. The maximum Gasteiger partial charge on any atom is 0.0499 e. The average Bonchev–Trinajstić information content (AvgIpc) is 2.10. The quantitative estimate of drug-likeness (QED) is 0.540. The van der Waals surface area contributed by atoms with Gasteiger partial charge in [-0.3, -0.25) is 0 Å². The minimum absolute atomic E-state index is 0.179. The van der Waals surface area contributed by atoms with Crippen molar-refractivity contribution in [3.05, 3.63) is 0 Å². The predicted octanol–water partition coefficient (Wildman–Crippen LogP) is 4.58. The van der Waals surface area contributed by atoms with Crippen molar-refractivity contribution < 1.29 is 0 Å². The Kier molecular flexibility index (Phi) is 8.59. The Bertz CT molecular complexity index is 81.8. The van der Waals surface area contributed by atoms with Gasteiger partial charge in [0, 0.05) is 10.8 Å². The topological polar surface area (TPSA) is 0 Å². The van der Waals surface area contributed by atoms with E-state index < -0.39 is 0 Å². The van der Waals surface area contributed by atoms with Crippen LogP contribution >= 0.6 is 23.2 Å². The molecule has 0 aliphatic rings. The van der Waals surface area contributed by atoms with E-state index in [1.807, 2.05) is 0 Å². The van der Waals surface area contributed by atoms with E-state index in [-0.39, 0.29) is 10.8 Å². The van der Waals surface area contributed by atoms with E-state index in [0.717, 1.165) is 12.8 Å². The van der Waals surface area contributed by atoms with E-state index in [1.54, 1.807) is 0 Å². The van der Waals surface area contributed by atoms with Crippen LogP contribution in [0, 0.1) is 0 Å². The average molecular weight is 211 g/mol. The number of halogens is 2. The van der Waals surface area contributed by atoms with Crippen LogP contribution in [0.1, 0.15) is 52.4 Å². The van der Waals surface area contributed by atoms with Crippen molar-refractivity contribution >= 4 is 23.2 Å². The highest BCUT2D eigenvalue weighted by Crippen LogP contribution is 2.21. The Labute approximate surface area is 86.6 Å². The Hall–Kier alpha value is 0.580. The molecule has 74 valence electrons. The number of rotatable bonds is 7. The fraction of sp³-hybridized carbons (Fsp3) is 1.00. The van der Waals surface area contributed by atoms with Gasteiger partial charge in [-0.1, -0.05) is 39.5 Å². The predicted molar refractivity (Wildman–Crippen MR) is 58.3 cm³/mol. The Morgan fingerprint density at radius 2 is 1.17 bits per heavy atom. The molecule has 0 nitrogen and oxygen atoms in total. The van der Waals surface area contributed by atoms with E-state index in [2.05, 4.69) is 13.8 Å². The highest BCUT2D eigenvalue weighted by molar-refractivity contribution is 6.29. The van der Waals surface area contributed by atoms with Gasteiger partial charge in [0.2, 0.25) is 0 Å². The molecule has 0 fully saturated rings. The summed E-state index contributed by atoms with van der Waals surface area (Å²) in [5.74, 6) is 0. The van der Waals surface area contributed by atoms with Crippen molar-refractivity contribution in [2.45, 2.75) is 63.1 Å². The zero-order valence-corrected chi connectivity index (χ0v) is 9.67. The van der Waals surface area contributed by atoms with Gasteiger partial charge >= 0.3 is 0 Å².